The van der Waals surface area contributed by atoms with Crippen molar-refractivity contribution in [2.24, 2.45) is 0 Å². The summed E-state index contributed by atoms with van der Waals surface area (Å²) in [7, 11) is -3.85. The number of halogens is 1. The van der Waals surface area contributed by atoms with Gasteiger partial charge in [-0.15, -0.1) is 0 Å². The van der Waals surface area contributed by atoms with E-state index in [9.17, 15) is 23.1 Å². The highest BCUT2D eigenvalue weighted by molar-refractivity contribution is 7.92. The molecule has 36 heavy (non-hydrogen) atoms. The molecule has 3 aromatic rings. The van der Waals surface area contributed by atoms with E-state index in [1.165, 1.54) is 13.8 Å². The normalized spacial score (nSPS) is 11.8. The van der Waals surface area contributed by atoms with Crippen LogP contribution in [0, 0.1) is 27.7 Å². The van der Waals surface area contributed by atoms with E-state index in [2.05, 4.69) is 10.0 Å². The fourth-order valence-corrected chi connectivity index (χ4v) is 5.48. The van der Waals surface area contributed by atoms with Crippen LogP contribution in [0.15, 0.2) is 53.4 Å². The highest BCUT2D eigenvalue weighted by atomic mass is 35.5. The van der Waals surface area contributed by atoms with Gasteiger partial charge in [-0.2, -0.15) is 0 Å². The van der Waals surface area contributed by atoms with Gasteiger partial charge >= 0.3 is 5.97 Å². The lowest BCUT2D eigenvalue weighted by Gasteiger charge is -2.22. The number of anilines is 1. The molecule has 3 aromatic carbocycles. The summed E-state index contributed by atoms with van der Waals surface area (Å²) in [6.45, 7) is 9.84. The second kappa shape index (κ2) is 9.95. The molecular formula is C27H29ClN2O5S. The third kappa shape index (κ3) is 5.71. The summed E-state index contributed by atoms with van der Waals surface area (Å²) in [6.07, 6.45) is 0. The van der Waals surface area contributed by atoms with Crippen molar-refractivity contribution in [3.8, 4) is 11.1 Å². The van der Waals surface area contributed by atoms with Crippen LogP contribution in [-0.4, -0.2) is 30.9 Å². The van der Waals surface area contributed by atoms with Gasteiger partial charge in [0.05, 0.1) is 4.90 Å². The Balaban J connectivity index is 1.93. The van der Waals surface area contributed by atoms with Crippen LogP contribution in [0.5, 0.6) is 0 Å². The van der Waals surface area contributed by atoms with E-state index in [-0.39, 0.29) is 4.90 Å². The van der Waals surface area contributed by atoms with Crippen LogP contribution in [0.1, 0.15) is 46.5 Å². The molecular weight excluding hydrogens is 500 g/mol. The second-order valence-electron chi connectivity index (χ2n) is 9.42. The van der Waals surface area contributed by atoms with Crippen molar-refractivity contribution in [2.45, 2.75) is 52.0 Å². The second-order valence-corrected chi connectivity index (χ2v) is 11.5. The number of benzene rings is 3. The summed E-state index contributed by atoms with van der Waals surface area (Å²) in [4.78, 5) is 24.4. The maximum Gasteiger partial charge on any atom is 0.328 e. The molecule has 0 atom stereocenters. The van der Waals surface area contributed by atoms with Crippen molar-refractivity contribution in [3.05, 3.63) is 81.4 Å². The van der Waals surface area contributed by atoms with E-state index in [4.69, 9.17) is 11.6 Å². The summed E-state index contributed by atoms with van der Waals surface area (Å²) in [5.74, 6) is -1.61. The van der Waals surface area contributed by atoms with Crippen LogP contribution >= 0.6 is 11.6 Å². The number of carbonyl (C=O) groups is 2. The van der Waals surface area contributed by atoms with Crippen molar-refractivity contribution in [3.63, 3.8) is 0 Å². The molecule has 0 fully saturated rings. The molecule has 0 heterocycles. The highest BCUT2D eigenvalue weighted by Crippen LogP contribution is 2.30. The molecule has 9 heteroatoms. The Morgan fingerprint density at radius 2 is 1.47 bits per heavy atom. The lowest BCUT2D eigenvalue weighted by atomic mass is 9.94. The predicted octanol–water partition coefficient (Wildman–Crippen LogP) is 5.63. The van der Waals surface area contributed by atoms with Crippen LogP contribution < -0.4 is 10.0 Å². The summed E-state index contributed by atoms with van der Waals surface area (Å²) < 4.78 is 28.8. The molecule has 7 nitrogen and oxygen atoms in total. The average Bonchev–Trinajstić information content (AvgIpc) is 2.75. The maximum atomic E-state index is 13.1. The first-order valence-corrected chi connectivity index (χ1v) is 13.1. The topological polar surface area (TPSA) is 113 Å². The Hall–Kier alpha value is -3.36. The number of aryl methyl sites for hydroxylation is 4. The molecule has 0 spiro atoms. The molecule has 0 aliphatic heterocycles. The van der Waals surface area contributed by atoms with Gasteiger partial charge in [-0.3, -0.25) is 9.52 Å². The minimum absolute atomic E-state index is 0.154. The van der Waals surface area contributed by atoms with Crippen molar-refractivity contribution < 1.29 is 23.1 Å². The van der Waals surface area contributed by atoms with Crippen molar-refractivity contribution in [2.75, 3.05) is 4.72 Å². The number of carboxylic acid groups (broad SMARTS) is 1. The molecule has 0 saturated heterocycles. The smallest absolute Gasteiger partial charge is 0.328 e. The zero-order valence-corrected chi connectivity index (χ0v) is 22.6. The fraction of sp³-hybridized carbons (Fsp3) is 0.259. The zero-order valence-electron chi connectivity index (χ0n) is 21.0. The standard InChI is InChI=1S/C27H29ClN2O5S/c1-15-13-23(16(2)12-22(15)28)36(34,35)30-21-9-7-8-19(14-21)20-10-17(3)24(18(4)11-20)25(31)29-27(5,6)26(32)33/h7-14,30H,1-6H3,(H,29,31)(H,32,33). The van der Waals surface area contributed by atoms with Gasteiger partial charge in [0.25, 0.3) is 15.9 Å². The number of hydrogen-bond donors (Lipinski definition) is 3. The van der Waals surface area contributed by atoms with E-state index < -0.39 is 27.4 Å². The lowest BCUT2D eigenvalue weighted by molar-refractivity contribution is -0.143. The highest BCUT2D eigenvalue weighted by Gasteiger charge is 2.30. The third-order valence-corrected chi connectivity index (χ3v) is 7.84. The van der Waals surface area contributed by atoms with Crippen molar-refractivity contribution >= 4 is 39.2 Å². The molecule has 0 bridgehead atoms. The molecule has 3 rings (SSSR count). The Morgan fingerprint density at radius 1 is 0.861 bits per heavy atom. The van der Waals surface area contributed by atoms with Crippen molar-refractivity contribution in [1.82, 2.24) is 5.32 Å². The predicted molar refractivity (Wildman–Crippen MR) is 142 cm³/mol. The molecule has 0 aliphatic carbocycles. The van der Waals surface area contributed by atoms with Crippen LogP contribution in [-0.2, 0) is 14.8 Å². The number of amides is 1. The molecule has 190 valence electrons. The molecule has 0 radical (unpaired) electrons. The number of hydrogen-bond acceptors (Lipinski definition) is 4. The van der Waals surface area contributed by atoms with E-state index >= 15 is 0 Å². The molecule has 3 N–H and O–H groups in total. The van der Waals surface area contributed by atoms with E-state index in [1.807, 2.05) is 18.2 Å². The van der Waals surface area contributed by atoms with Gasteiger partial charge in [0, 0.05) is 16.3 Å². The van der Waals surface area contributed by atoms with Gasteiger partial charge in [-0.1, -0.05) is 35.9 Å². The summed E-state index contributed by atoms with van der Waals surface area (Å²) in [5, 5.41) is 12.4. The third-order valence-electron chi connectivity index (χ3n) is 5.91. The lowest BCUT2D eigenvalue weighted by Crippen LogP contribution is -2.49. The quantitative estimate of drug-likeness (QED) is 0.367. The maximum absolute atomic E-state index is 13.1. The van der Waals surface area contributed by atoms with Gasteiger partial charge < -0.3 is 10.4 Å². The van der Waals surface area contributed by atoms with Crippen LogP contribution in [0.3, 0.4) is 0 Å². The molecule has 0 saturated carbocycles. The van der Waals surface area contributed by atoms with Gasteiger partial charge in [0.15, 0.2) is 0 Å². The number of nitrogens with one attached hydrogen (secondary N) is 2. The van der Waals surface area contributed by atoms with Crippen LogP contribution in [0.2, 0.25) is 5.02 Å². The molecule has 0 aliphatic rings. The van der Waals surface area contributed by atoms with E-state index in [0.29, 0.717) is 38.5 Å². The zero-order chi connectivity index (χ0) is 27.0. The fourth-order valence-electron chi connectivity index (χ4n) is 3.90. The van der Waals surface area contributed by atoms with E-state index in [1.54, 1.807) is 58.0 Å². The molecule has 0 aromatic heterocycles. The number of sulfonamides is 1. The Morgan fingerprint density at radius 3 is 2.06 bits per heavy atom. The average molecular weight is 529 g/mol. The van der Waals surface area contributed by atoms with Gasteiger partial charge in [0.1, 0.15) is 5.54 Å². The Bertz CT molecular complexity index is 1460. The Kier molecular flexibility index (Phi) is 7.53. The number of aliphatic carboxylic acids is 1. The number of rotatable bonds is 7. The van der Waals surface area contributed by atoms with Crippen molar-refractivity contribution in [1.29, 1.82) is 0 Å². The first kappa shape index (κ1) is 27.2. The van der Waals surface area contributed by atoms with Gasteiger partial charge in [-0.25, -0.2) is 13.2 Å². The van der Waals surface area contributed by atoms with Gasteiger partial charge in [-0.05, 0) is 99.2 Å². The SMILES string of the molecule is Cc1cc(S(=O)(=O)Nc2cccc(-c3cc(C)c(C(=O)NC(C)(C)C(=O)O)c(C)c3)c2)c(C)cc1Cl. The van der Waals surface area contributed by atoms with E-state index in [0.717, 1.165) is 11.1 Å². The van der Waals surface area contributed by atoms with Crippen LogP contribution in [0.4, 0.5) is 5.69 Å². The first-order chi connectivity index (χ1) is 16.6. The Labute approximate surface area is 216 Å². The summed E-state index contributed by atoms with van der Waals surface area (Å²) in [5.41, 5.74) is 3.46. The number of carbonyl (C=O) groups excluding carboxylic acids is 1. The minimum atomic E-state index is -3.85. The monoisotopic (exact) mass is 528 g/mol. The largest absolute Gasteiger partial charge is 0.480 e. The summed E-state index contributed by atoms with van der Waals surface area (Å²) in [6, 6.07) is 13.8. The van der Waals surface area contributed by atoms with Gasteiger partial charge in [0.2, 0.25) is 0 Å². The van der Waals surface area contributed by atoms with Crippen LogP contribution in [0.25, 0.3) is 11.1 Å². The minimum Gasteiger partial charge on any atom is -0.480 e. The first-order valence-electron chi connectivity index (χ1n) is 11.2. The molecule has 0 unspecified atom stereocenters. The molecule has 1 amide bonds. The number of carboxylic acids is 1. The summed E-state index contributed by atoms with van der Waals surface area (Å²) >= 11 is 6.12.